The van der Waals surface area contributed by atoms with Crippen LogP contribution in [-0.4, -0.2) is 28.5 Å². The summed E-state index contributed by atoms with van der Waals surface area (Å²) in [5, 5.41) is 2.27. The van der Waals surface area contributed by atoms with Gasteiger partial charge in [0, 0.05) is 5.69 Å². The lowest BCUT2D eigenvalue weighted by molar-refractivity contribution is -0.127. The summed E-state index contributed by atoms with van der Waals surface area (Å²) in [6.07, 6.45) is 1.67. The molecule has 1 N–H and O–H groups in total. The van der Waals surface area contributed by atoms with Crippen molar-refractivity contribution in [1.82, 2.24) is 4.90 Å². The number of thioether (sulfide) groups is 1. The van der Waals surface area contributed by atoms with E-state index < -0.39 is 17.1 Å². The maximum atomic E-state index is 12.5. The highest BCUT2D eigenvalue weighted by molar-refractivity contribution is 8.18. The summed E-state index contributed by atoms with van der Waals surface area (Å²) in [5.41, 5.74) is 3.60. The van der Waals surface area contributed by atoms with E-state index in [1.807, 2.05) is 56.3 Å². The molecule has 0 spiro atoms. The van der Waals surface area contributed by atoms with Crippen LogP contribution in [0.25, 0.3) is 6.08 Å². The van der Waals surface area contributed by atoms with Gasteiger partial charge in [0.25, 0.3) is 11.1 Å². The van der Waals surface area contributed by atoms with Gasteiger partial charge in [0.05, 0.1) is 4.91 Å². The van der Waals surface area contributed by atoms with E-state index >= 15 is 0 Å². The molecule has 0 unspecified atom stereocenters. The van der Waals surface area contributed by atoms with Gasteiger partial charge >= 0.3 is 0 Å². The molecule has 1 aliphatic rings. The molecule has 1 heterocycles. The lowest BCUT2D eigenvalue weighted by Gasteiger charge is -2.12. The van der Waals surface area contributed by atoms with Crippen LogP contribution in [0, 0.1) is 13.8 Å². The van der Waals surface area contributed by atoms with Crippen LogP contribution in [-0.2, 0) is 9.59 Å². The van der Waals surface area contributed by atoms with E-state index in [4.69, 9.17) is 0 Å². The highest BCUT2D eigenvalue weighted by atomic mass is 32.2. The van der Waals surface area contributed by atoms with Crippen LogP contribution in [0.4, 0.5) is 10.5 Å². The minimum Gasteiger partial charge on any atom is -0.325 e. The normalized spacial score (nSPS) is 15.6. The Morgan fingerprint density at radius 2 is 1.81 bits per heavy atom. The number of nitrogens with zero attached hydrogens (tertiary/aromatic N) is 1. The predicted octanol–water partition coefficient (Wildman–Crippen LogP) is 3.98. The van der Waals surface area contributed by atoms with Gasteiger partial charge in [-0.2, -0.15) is 0 Å². The molecule has 132 valence electrons. The van der Waals surface area contributed by atoms with Gasteiger partial charge in [0.15, 0.2) is 0 Å². The number of amides is 3. The van der Waals surface area contributed by atoms with Crippen molar-refractivity contribution in [2.45, 2.75) is 13.8 Å². The Morgan fingerprint density at radius 3 is 2.50 bits per heavy atom. The molecule has 0 radical (unpaired) electrons. The number of hydrogen-bond acceptors (Lipinski definition) is 4. The molecule has 3 rings (SSSR count). The Morgan fingerprint density at radius 1 is 1.08 bits per heavy atom. The van der Waals surface area contributed by atoms with E-state index in [-0.39, 0.29) is 6.54 Å². The summed E-state index contributed by atoms with van der Waals surface area (Å²) in [6.45, 7) is 3.59. The van der Waals surface area contributed by atoms with E-state index in [1.165, 1.54) is 0 Å². The molecule has 3 amide bonds. The SMILES string of the molecule is Cc1ccc(/C=C2/SC(=O)N(CC(=O)Nc3cccc(C)c3)C2=O)cc1. The first kappa shape index (κ1) is 17.9. The highest BCUT2D eigenvalue weighted by Gasteiger charge is 2.36. The molecule has 1 saturated heterocycles. The molecule has 2 aromatic rings. The number of nitrogens with one attached hydrogen (secondary N) is 1. The van der Waals surface area contributed by atoms with Crippen LogP contribution in [0.3, 0.4) is 0 Å². The Labute approximate surface area is 156 Å². The fourth-order valence-electron chi connectivity index (χ4n) is 2.52. The molecule has 1 fully saturated rings. The largest absolute Gasteiger partial charge is 0.325 e. The summed E-state index contributed by atoms with van der Waals surface area (Å²) in [4.78, 5) is 38.1. The van der Waals surface area contributed by atoms with Gasteiger partial charge in [0.2, 0.25) is 5.91 Å². The summed E-state index contributed by atoms with van der Waals surface area (Å²) < 4.78 is 0. The third-order valence-electron chi connectivity index (χ3n) is 3.85. The minimum atomic E-state index is -0.444. The van der Waals surface area contributed by atoms with E-state index in [1.54, 1.807) is 12.1 Å². The lowest BCUT2D eigenvalue weighted by atomic mass is 10.1. The van der Waals surface area contributed by atoms with Gasteiger partial charge < -0.3 is 5.32 Å². The molecule has 1 aliphatic heterocycles. The highest BCUT2D eigenvalue weighted by Crippen LogP contribution is 2.32. The second kappa shape index (κ2) is 7.58. The zero-order valence-electron chi connectivity index (χ0n) is 14.5. The predicted molar refractivity (Wildman–Crippen MR) is 104 cm³/mol. The molecule has 0 saturated carbocycles. The molecule has 0 aromatic heterocycles. The van der Waals surface area contributed by atoms with Crippen molar-refractivity contribution >= 4 is 40.6 Å². The second-order valence-corrected chi connectivity index (χ2v) is 7.09. The topological polar surface area (TPSA) is 66.5 Å². The van der Waals surface area contributed by atoms with Gasteiger partial charge in [-0.05, 0) is 54.9 Å². The number of aryl methyl sites for hydroxylation is 2. The van der Waals surface area contributed by atoms with Gasteiger partial charge in [-0.25, -0.2) is 0 Å². The Hall–Kier alpha value is -2.86. The van der Waals surface area contributed by atoms with Crippen molar-refractivity contribution in [3.8, 4) is 0 Å². The fourth-order valence-corrected chi connectivity index (χ4v) is 3.36. The summed E-state index contributed by atoms with van der Waals surface area (Å²) in [5.74, 6) is -0.852. The summed E-state index contributed by atoms with van der Waals surface area (Å²) in [7, 11) is 0. The Balaban J connectivity index is 1.69. The smallest absolute Gasteiger partial charge is 0.294 e. The van der Waals surface area contributed by atoms with Gasteiger partial charge in [0.1, 0.15) is 6.54 Å². The molecular weight excluding hydrogens is 348 g/mol. The maximum absolute atomic E-state index is 12.5. The van der Waals surface area contributed by atoms with Gasteiger partial charge in [-0.15, -0.1) is 0 Å². The summed E-state index contributed by atoms with van der Waals surface area (Å²) >= 11 is 0.850. The molecule has 6 heteroatoms. The third kappa shape index (κ3) is 4.21. The summed E-state index contributed by atoms with van der Waals surface area (Å²) in [6, 6.07) is 15.0. The van der Waals surface area contributed by atoms with Crippen LogP contribution in [0.5, 0.6) is 0 Å². The van der Waals surface area contributed by atoms with Crippen LogP contribution >= 0.6 is 11.8 Å². The van der Waals surface area contributed by atoms with Crippen molar-refractivity contribution in [2.75, 3.05) is 11.9 Å². The first-order chi connectivity index (χ1) is 12.4. The van der Waals surface area contributed by atoms with E-state index in [0.29, 0.717) is 10.6 Å². The second-order valence-electron chi connectivity index (χ2n) is 6.10. The van der Waals surface area contributed by atoms with E-state index in [9.17, 15) is 14.4 Å². The van der Waals surface area contributed by atoms with Crippen LogP contribution in [0.1, 0.15) is 16.7 Å². The molecule has 5 nitrogen and oxygen atoms in total. The number of anilines is 1. The number of benzene rings is 2. The van der Waals surface area contributed by atoms with Crippen LogP contribution in [0.15, 0.2) is 53.4 Å². The number of carbonyl (C=O) groups is 3. The van der Waals surface area contributed by atoms with Crippen molar-refractivity contribution < 1.29 is 14.4 Å². The standard InChI is InChI=1S/C20H18N2O3S/c1-13-6-8-15(9-7-13)11-17-19(24)22(20(25)26-17)12-18(23)21-16-5-3-4-14(2)10-16/h3-11H,12H2,1-2H3,(H,21,23)/b17-11+. The van der Waals surface area contributed by atoms with Crippen molar-refractivity contribution in [1.29, 1.82) is 0 Å². The van der Waals surface area contributed by atoms with Crippen LogP contribution < -0.4 is 5.32 Å². The van der Waals surface area contributed by atoms with E-state index in [2.05, 4.69) is 5.32 Å². The molecule has 0 aliphatic carbocycles. The lowest BCUT2D eigenvalue weighted by Crippen LogP contribution is -2.36. The zero-order chi connectivity index (χ0) is 18.7. The van der Waals surface area contributed by atoms with Crippen molar-refractivity contribution in [3.05, 3.63) is 70.1 Å². The van der Waals surface area contributed by atoms with Gasteiger partial charge in [-0.1, -0.05) is 42.0 Å². The van der Waals surface area contributed by atoms with Gasteiger partial charge in [-0.3, -0.25) is 19.3 Å². The zero-order valence-corrected chi connectivity index (χ0v) is 15.3. The Kier molecular flexibility index (Phi) is 5.23. The number of imide groups is 1. The molecular formula is C20H18N2O3S. The maximum Gasteiger partial charge on any atom is 0.294 e. The molecule has 0 atom stereocenters. The first-order valence-corrected chi connectivity index (χ1v) is 8.92. The fraction of sp³-hybridized carbons (Fsp3) is 0.150. The molecule has 2 aromatic carbocycles. The molecule has 0 bridgehead atoms. The average Bonchev–Trinajstić information content (AvgIpc) is 2.84. The number of rotatable bonds is 4. The number of hydrogen-bond donors (Lipinski definition) is 1. The van der Waals surface area contributed by atoms with Crippen molar-refractivity contribution in [3.63, 3.8) is 0 Å². The first-order valence-electron chi connectivity index (χ1n) is 8.11. The average molecular weight is 366 g/mol. The monoisotopic (exact) mass is 366 g/mol. The quantitative estimate of drug-likeness (QED) is 0.831. The van der Waals surface area contributed by atoms with Crippen LogP contribution in [0.2, 0.25) is 0 Å². The van der Waals surface area contributed by atoms with E-state index in [0.717, 1.165) is 33.4 Å². The minimum absolute atomic E-state index is 0.302. The van der Waals surface area contributed by atoms with Crippen molar-refractivity contribution in [2.24, 2.45) is 0 Å². The number of carbonyl (C=O) groups excluding carboxylic acids is 3. The molecule has 26 heavy (non-hydrogen) atoms. The Bertz CT molecular complexity index is 904. The third-order valence-corrected chi connectivity index (χ3v) is 4.76.